The van der Waals surface area contributed by atoms with Crippen LogP contribution in [0.3, 0.4) is 0 Å². The molecule has 0 amide bonds. The Bertz CT molecular complexity index is 764. The summed E-state index contributed by atoms with van der Waals surface area (Å²) >= 11 is 1.85. The Morgan fingerprint density at radius 2 is 2.28 bits per heavy atom. The first-order valence-corrected chi connectivity index (χ1v) is 10.1. The monoisotopic (exact) mass is 353 g/mol. The summed E-state index contributed by atoms with van der Waals surface area (Å²) in [4.78, 5) is 1.43. The summed E-state index contributed by atoms with van der Waals surface area (Å²) in [6, 6.07) is 11.3. The zero-order valence-electron chi connectivity index (χ0n) is 14.2. The van der Waals surface area contributed by atoms with Gasteiger partial charge in [0.1, 0.15) is 12.4 Å². The topological polar surface area (TPSA) is 30.5 Å². The highest BCUT2D eigenvalue weighted by molar-refractivity contribution is 7.10. The normalized spacial score (nSPS) is 29.9. The minimum atomic E-state index is 0.261. The maximum Gasteiger partial charge on any atom is 0.119 e. The van der Waals surface area contributed by atoms with Gasteiger partial charge in [-0.1, -0.05) is 18.2 Å². The van der Waals surface area contributed by atoms with Crippen molar-refractivity contribution in [3.63, 3.8) is 0 Å². The molecule has 25 heavy (non-hydrogen) atoms. The zero-order chi connectivity index (χ0) is 16.6. The van der Waals surface area contributed by atoms with E-state index < -0.39 is 0 Å². The predicted octanol–water partition coefficient (Wildman–Crippen LogP) is 5.13. The van der Waals surface area contributed by atoms with Crippen molar-refractivity contribution in [2.45, 2.75) is 37.3 Å². The summed E-state index contributed by atoms with van der Waals surface area (Å²) in [5.74, 6) is 2.04. The van der Waals surface area contributed by atoms with Crippen LogP contribution < -0.4 is 10.1 Å². The number of fused-ring (bicyclic) bond motifs is 3. The largest absolute Gasteiger partial charge is 0.491 e. The molecule has 5 rings (SSSR count). The van der Waals surface area contributed by atoms with Crippen molar-refractivity contribution in [3.05, 3.63) is 58.3 Å². The summed E-state index contributed by atoms with van der Waals surface area (Å²) in [5, 5.41) is 5.96. The zero-order valence-corrected chi connectivity index (χ0v) is 15.0. The third kappa shape index (κ3) is 2.87. The molecule has 1 aromatic carbocycles. The van der Waals surface area contributed by atoms with Crippen LogP contribution in [-0.4, -0.2) is 19.3 Å². The first-order valence-electron chi connectivity index (χ1n) is 9.23. The molecular formula is C21H23NO2S. The van der Waals surface area contributed by atoms with Crippen molar-refractivity contribution < 1.29 is 9.47 Å². The van der Waals surface area contributed by atoms with Gasteiger partial charge in [0, 0.05) is 23.1 Å². The van der Waals surface area contributed by atoms with Crippen LogP contribution in [0, 0.1) is 5.92 Å². The van der Waals surface area contributed by atoms with Crippen LogP contribution in [0.5, 0.6) is 5.75 Å². The molecule has 3 nitrogen and oxygen atoms in total. The number of allylic oxidation sites excluding steroid dienone is 2. The van der Waals surface area contributed by atoms with Gasteiger partial charge in [-0.05, 0) is 60.4 Å². The van der Waals surface area contributed by atoms with Crippen LogP contribution in [0.15, 0.2) is 47.9 Å². The van der Waals surface area contributed by atoms with Crippen molar-refractivity contribution in [1.29, 1.82) is 0 Å². The summed E-state index contributed by atoms with van der Waals surface area (Å²) in [6.45, 7) is 1.54. The smallest absolute Gasteiger partial charge is 0.119 e. The lowest BCUT2D eigenvalue weighted by Gasteiger charge is -2.37. The molecule has 3 heterocycles. The number of thiophene rings is 1. The van der Waals surface area contributed by atoms with Crippen LogP contribution in [0.25, 0.3) is 0 Å². The molecule has 1 saturated heterocycles. The van der Waals surface area contributed by atoms with Crippen molar-refractivity contribution in [2.75, 3.05) is 18.5 Å². The first-order chi connectivity index (χ1) is 12.4. The molecular weight excluding hydrogens is 330 g/mol. The quantitative estimate of drug-likeness (QED) is 0.773. The fourth-order valence-electron chi connectivity index (χ4n) is 4.38. The van der Waals surface area contributed by atoms with Crippen LogP contribution >= 0.6 is 11.3 Å². The lowest BCUT2D eigenvalue weighted by molar-refractivity contribution is 0.0679. The highest BCUT2D eigenvalue weighted by Gasteiger charge is 2.38. The average molecular weight is 353 g/mol. The maximum atomic E-state index is 6.03. The Hall–Kier alpha value is -1.78. The van der Waals surface area contributed by atoms with Gasteiger partial charge in [0.15, 0.2) is 0 Å². The van der Waals surface area contributed by atoms with Crippen LogP contribution in [0.1, 0.15) is 41.7 Å². The maximum absolute atomic E-state index is 6.03. The van der Waals surface area contributed by atoms with Crippen molar-refractivity contribution >= 4 is 17.0 Å². The SMILES string of the molecule is C1=CC2c3cc(OCC4CCCO4)ccc3NC(c3cccs3)C2C1. The molecule has 2 aliphatic heterocycles. The Morgan fingerprint density at radius 1 is 1.28 bits per heavy atom. The number of anilines is 1. The average Bonchev–Trinajstić information content (AvgIpc) is 3.41. The second kappa shape index (κ2) is 6.50. The number of benzene rings is 1. The van der Waals surface area contributed by atoms with E-state index in [1.165, 1.54) is 16.1 Å². The second-order valence-electron chi connectivity index (χ2n) is 7.19. The standard InChI is InChI=1S/C21H23NO2S/c1-5-16-17(6-1)21(20-7-3-11-25-20)22-19-9-8-14(12-18(16)19)24-13-15-4-2-10-23-15/h1,3,5,7-9,11-12,15-17,21-22H,2,4,6,10,13H2. The lowest BCUT2D eigenvalue weighted by Crippen LogP contribution is -2.28. The molecule has 0 radical (unpaired) electrons. The Labute approximate surface area is 152 Å². The number of hydrogen-bond acceptors (Lipinski definition) is 4. The fourth-order valence-corrected chi connectivity index (χ4v) is 5.23. The van der Waals surface area contributed by atoms with Gasteiger partial charge in [0.2, 0.25) is 0 Å². The molecule has 2 aromatic rings. The number of rotatable bonds is 4. The minimum absolute atomic E-state index is 0.261. The van der Waals surface area contributed by atoms with Gasteiger partial charge in [-0.25, -0.2) is 0 Å². The second-order valence-corrected chi connectivity index (χ2v) is 8.17. The van der Waals surface area contributed by atoms with Crippen LogP contribution in [-0.2, 0) is 4.74 Å². The van der Waals surface area contributed by atoms with Gasteiger partial charge >= 0.3 is 0 Å². The molecule has 4 unspecified atom stereocenters. The molecule has 4 heteroatoms. The first kappa shape index (κ1) is 15.5. The summed E-state index contributed by atoms with van der Waals surface area (Å²) in [7, 11) is 0. The van der Waals surface area contributed by atoms with E-state index in [4.69, 9.17) is 9.47 Å². The molecule has 0 spiro atoms. The van der Waals surface area contributed by atoms with E-state index in [2.05, 4.69) is 53.2 Å². The van der Waals surface area contributed by atoms with E-state index in [9.17, 15) is 0 Å². The Kier molecular flexibility index (Phi) is 4.03. The van der Waals surface area contributed by atoms with Gasteiger partial charge in [-0.2, -0.15) is 0 Å². The third-order valence-electron chi connectivity index (χ3n) is 5.64. The Balaban J connectivity index is 1.39. The predicted molar refractivity (Wildman–Crippen MR) is 102 cm³/mol. The third-order valence-corrected chi connectivity index (χ3v) is 6.60. The Morgan fingerprint density at radius 3 is 3.12 bits per heavy atom. The molecule has 130 valence electrons. The van der Waals surface area contributed by atoms with Crippen molar-refractivity contribution in [2.24, 2.45) is 5.92 Å². The van der Waals surface area contributed by atoms with E-state index in [-0.39, 0.29) is 6.10 Å². The minimum Gasteiger partial charge on any atom is -0.491 e. The van der Waals surface area contributed by atoms with E-state index in [1.54, 1.807) is 0 Å². The van der Waals surface area contributed by atoms with E-state index in [0.717, 1.165) is 31.6 Å². The van der Waals surface area contributed by atoms with Crippen molar-refractivity contribution in [3.8, 4) is 5.75 Å². The molecule has 1 N–H and O–H groups in total. The summed E-state index contributed by atoms with van der Waals surface area (Å²) < 4.78 is 11.7. The highest BCUT2D eigenvalue weighted by atomic mass is 32.1. The van der Waals surface area contributed by atoms with E-state index in [0.29, 0.717) is 24.5 Å². The molecule has 0 saturated carbocycles. The van der Waals surface area contributed by atoms with E-state index in [1.807, 2.05) is 11.3 Å². The van der Waals surface area contributed by atoms with Gasteiger partial charge in [0.05, 0.1) is 12.1 Å². The van der Waals surface area contributed by atoms with Gasteiger partial charge in [-0.3, -0.25) is 0 Å². The summed E-state index contributed by atoms with van der Waals surface area (Å²) in [6.07, 6.45) is 8.39. The van der Waals surface area contributed by atoms with Crippen LogP contribution in [0.2, 0.25) is 0 Å². The number of hydrogen-bond donors (Lipinski definition) is 1. The van der Waals surface area contributed by atoms with E-state index >= 15 is 0 Å². The van der Waals surface area contributed by atoms with Crippen LogP contribution in [0.4, 0.5) is 5.69 Å². The van der Waals surface area contributed by atoms with Gasteiger partial charge in [0.25, 0.3) is 0 Å². The fraction of sp³-hybridized carbons (Fsp3) is 0.429. The molecule has 3 aliphatic rings. The van der Waals surface area contributed by atoms with Gasteiger partial charge in [-0.15, -0.1) is 11.3 Å². The molecule has 1 fully saturated rings. The highest BCUT2D eigenvalue weighted by Crippen LogP contribution is 2.51. The molecule has 4 atom stereocenters. The number of ether oxygens (including phenoxy) is 2. The molecule has 0 bridgehead atoms. The lowest BCUT2D eigenvalue weighted by atomic mass is 9.79. The molecule has 1 aliphatic carbocycles. The van der Waals surface area contributed by atoms with Gasteiger partial charge < -0.3 is 14.8 Å². The van der Waals surface area contributed by atoms with Crippen molar-refractivity contribution in [1.82, 2.24) is 0 Å². The number of nitrogens with one attached hydrogen (secondary N) is 1. The summed E-state index contributed by atoms with van der Waals surface area (Å²) in [5.41, 5.74) is 2.62. The molecule has 1 aromatic heterocycles.